The first-order valence-electron chi connectivity index (χ1n) is 5.28. The van der Waals surface area contributed by atoms with Crippen molar-refractivity contribution >= 4 is 39.9 Å². The van der Waals surface area contributed by atoms with E-state index in [1.54, 1.807) is 6.07 Å². The van der Waals surface area contributed by atoms with Crippen molar-refractivity contribution < 1.29 is 14.6 Å². The number of rotatable bonds is 4. The molecule has 0 spiro atoms. The van der Waals surface area contributed by atoms with Crippen molar-refractivity contribution in [3.8, 4) is 5.75 Å². The molecule has 2 rings (SSSR count). The predicted molar refractivity (Wildman–Crippen MR) is 79.5 cm³/mol. The molecule has 0 saturated heterocycles. The second kappa shape index (κ2) is 5.71. The van der Waals surface area contributed by atoms with Crippen LogP contribution in [0.15, 0.2) is 30.3 Å². The Balaban J connectivity index is 2.11. The monoisotopic (exact) mass is 374 g/mol. The second-order valence-electron chi connectivity index (χ2n) is 3.72. The van der Waals surface area contributed by atoms with Gasteiger partial charge < -0.3 is 9.84 Å². The van der Waals surface area contributed by atoms with E-state index in [9.17, 15) is 4.79 Å². The first kappa shape index (κ1) is 13.4. The lowest BCUT2D eigenvalue weighted by molar-refractivity contribution is 0.0702. The van der Waals surface area contributed by atoms with Crippen molar-refractivity contribution in [1.29, 1.82) is 0 Å². The smallest absolute Gasteiger partial charge is 0.345 e. The second-order valence-corrected chi connectivity index (χ2v) is 6.13. The zero-order valence-corrected chi connectivity index (χ0v) is 12.6. The number of halogens is 1. The van der Waals surface area contributed by atoms with Crippen molar-refractivity contribution in [3.05, 3.63) is 49.2 Å². The molecule has 18 heavy (non-hydrogen) atoms. The van der Waals surface area contributed by atoms with Gasteiger partial charge in [-0.15, -0.1) is 11.3 Å². The maximum absolute atomic E-state index is 10.9. The van der Waals surface area contributed by atoms with Crippen molar-refractivity contribution in [2.45, 2.75) is 13.5 Å². The van der Waals surface area contributed by atoms with Gasteiger partial charge in [0.1, 0.15) is 17.2 Å². The lowest BCUT2D eigenvalue weighted by Gasteiger charge is -2.07. The molecule has 0 saturated carbocycles. The van der Waals surface area contributed by atoms with E-state index in [-0.39, 0.29) is 0 Å². The number of aromatic carboxylic acids is 1. The molecule has 3 nitrogen and oxygen atoms in total. The Labute approximate surface area is 123 Å². The maximum Gasteiger partial charge on any atom is 0.345 e. The van der Waals surface area contributed by atoms with Crippen molar-refractivity contribution in [2.24, 2.45) is 0 Å². The minimum atomic E-state index is -0.886. The van der Waals surface area contributed by atoms with Gasteiger partial charge in [0.2, 0.25) is 0 Å². The van der Waals surface area contributed by atoms with Crippen molar-refractivity contribution in [3.63, 3.8) is 0 Å². The van der Waals surface area contributed by atoms with E-state index in [2.05, 4.69) is 22.6 Å². The Kier molecular flexibility index (Phi) is 4.23. The molecule has 0 unspecified atom stereocenters. The molecule has 0 amide bonds. The Morgan fingerprint density at radius 3 is 2.78 bits per heavy atom. The average molecular weight is 374 g/mol. The molecule has 5 heteroatoms. The summed E-state index contributed by atoms with van der Waals surface area (Å²) < 4.78 is 6.75. The van der Waals surface area contributed by atoms with E-state index in [1.807, 2.05) is 31.2 Å². The van der Waals surface area contributed by atoms with E-state index in [0.717, 1.165) is 19.8 Å². The summed E-state index contributed by atoms with van der Waals surface area (Å²) in [5.41, 5.74) is 0.928. The van der Waals surface area contributed by atoms with Crippen molar-refractivity contribution in [1.82, 2.24) is 0 Å². The summed E-state index contributed by atoms with van der Waals surface area (Å²) in [4.78, 5) is 12.2. The highest BCUT2D eigenvalue weighted by Crippen LogP contribution is 2.25. The quantitative estimate of drug-likeness (QED) is 0.825. The number of carbonyl (C=O) groups is 1. The largest absolute Gasteiger partial charge is 0.488 e. The molecule has 1 N–H and O–H groups in total. The van der Waals surface area contributed by atoms with E-state index in [0.29, 0.717) is 11.5 Å². The molecular formula is C13H11IO3S. The molecule has 0 fully saturated rings. The molecule has 0 aliphatic carbocycles. The normalized spacial score (nSPS) is 10.3. The molecule has 1 aromatic heterocycles. The van der Waals surface area contributed by atoms with Crippen LogP contribution >= 0.6 is 33.9 Å². The van der Waals surface area contributed by atoms with Gasteiger partial charge in [-0.3, -0.25) is 0 Å². The van der Waals surface area contributed by atoms with Gasteiger partial charge in [0.05, 0.1) is 3.57 Å². The number of para-hydroxylation sites is 1. The number of aryl methyl sites for hydroxylation is 1. The zero-order chi connectivity index (χ0) is 13.1. The first-order chi connectivity index (χ1) is 8.58. The van der Waals surface area contributed by atoms with Crippen LogP contribution in [0.25, 0.3) is 0 Å². The van der Waals surface area contributed by atoms with Gasteiger partial charge in [-0.1, -0.05) is 12.1 Å². The topological polar surface area (TPSA) is 46.5 Å². The molecule has 1 aromatic carbocycles. The Morgan fingerprint density at radius 2 is 2.17 bits per heavy atom. The predicted octanol–water partition coefficient (Wildman–Crippen LogP) is 3.94. The van der Waals surface area contributed by atoms with Crippen molar-refractivity contribution in [2.75, 3.05) is 0 Å². The van der Waals surface area contributed by atoms with Crippen LogP contribution in [0.1, 0.15) is 20.1 Å². The van der Waals surface area contributed by atoms with Crippen LogP contribution in [0.5, 0.6) is 5.75 Å². The number of thiophene rings is 1. The summed E-state index contributed by atoms with van der Waals surface area (Å²) in [7, 11) is 0. The summed E-state index contributed by atoms with van der Waals surface area (Å²) in [6.45, 7) is 2.31. The van der Waals surface area contributed by atoms with E-state index in [4.69, 9.17) is 9.84 Å². The minimum absolute atomic E-state index is 0.355. The molecule has 2 aromatic rings. The summed E-state index contributed by atoms with van der Waals surface area (Å²) in [6, 6.07) is 9.42. The van der Waals surface area contributed by atoms with Crippen LogP contribution in [0, 0.1) is 10.5 Å². The van der Waals surface area contributed by atoms with Gasteiger partial charge in [0.15, 0.2) is 0 Å². The number of ether oxygens (including phenoxy) is 1. The van der Waals surface area contributed by atoms with E-state index < -0.39 is 5.97 Å². The molecule has 0 radical (unpaired) electrons. The highest BCUT2D eigenvalue weighted by atomic mass is 127. The van der Waals surface area contributed by atoms with Crippen LogP contribution in [-0.2, 0) is 6.61 Å². The van der Waals surface area contributed by atoms with Gasteiger partial charge in [0.25, 0.3) is 0 Å². The van der Waals surface area contributed by atoms with Crippen LogP contribution in [0.4, 0.5) is 0 Å². The maximum atomic E-state index is 10.9. The highest BCUT2D eigenvalue weighted by Gasteiger charge is 2.11. The molecule has 94 valence electrons. The molecule has 0 aliphatic heterocycles. The van der Waals surface area contributed by atoms with Gasteiger partial charge >= 0.3 is 5.97 Å². The Hall–Kier alpha value is -1.08. The summed E-state index contributed by atoms with van der Waals surface area (Å²) in [5.74, 6) is -0.0655. The van der Waals surface area contributed by atoms with Gasteiger partial charge in [-0.05, 0) is 47.7 Å². The minimum Gasteiger partial charge on any atom is -0.488 e. The van der Waals surface area contributed by atoms with Crippen LogP contribution in [-0.4, -0.2) is 11.1 Å². The Morgan fingerprint density at radius 1 is 1.44 bits per heavy atom. The van der Waals surface area contributed by atoms with Crippen LogP contribution in [0.2, 0.25) is 0 Å². The van der Waals surface area contributed by atoms with Gasteiger partial charge in [-0.2, -0.15) is 0 Å². The lowest BCUT2D eigenvalue weighted by atomic mass is 10.2. The number of hydrogen-bond donors (Lipinski definition) is 1. The first-order valence-corrected chi connectivity index (χ1v) is 7.17. The molecule has 0 atom stereocenters. The fourth-order valence-electron chi connectivity index (χ4n) is 1.49. The number of carboxylic acids is 1. The summed E-state index contributed by atoms with van der Waals surface area (Å²) >= 11 is 3.49. The van der Waals surface area contributed by atoms with E-state index >= 15 is 0 Å². The van der Waals surface area contributed by atoms with Gasteiger partial charge in [0, 0.05) is 10.4 Å². The Bertz CT molecular complexity index is 577. The molecule has 0 bridgehead atoms. The number of benzene rings is 1. The standard InChI is InChI=1S/C13H11IO3S/c1-8-9(6-12(18-8)13(15)16)7-17-11-5-3-2-4-10(11)14/h2-6H,7H2,1H3,(H,15,16). The SMILES string of the molecule is Cc1sc(C(=O)O)cc1COc1ccccc1I. The molecule has 0 aliphatic rings. The molecular weight excluding hydrogens is 363 g/mol. The number of carboxylic acid groups (broad SMARTS) is 1. The zero-order valence-electron chi connectivity index (χ0n) is 9.64. The third-order valence-corrected chi connectivity index (χ3v) is 4.42. The van der Waals surface area contributed by atoms with Crippen LogP contribution < -0.4 is 4.74 Å². The third-order valence-electron chi connectivity index (χ3n) is 2.45. The van der Waals surface area contributed by atoms with Crippen LogP contribution in [0.3, 0.4) is 0 Å². The fourth-order valence-corrected chi connectivity index (χ4v) is 2.90. The highest BCUT2D eigenvalue weighted by molar-refractivity contribution is 14.1. The molecule has 1 heterocycles. The fraction of sp³-hybridized carbons (Fsp3) is 0.154. The lowest BCUT2D eigenvalue weighted by Crippen LogP contribution is -1.97. The summed E-state index contributed by atoms with van der Waals surface area (Å²) in [5, 5.41) is 8.92. The average Bonchev–Trinajstić information content (AvgIpc) is 2.70. The van der Waals surface area contributed by atoms with Gasteiger partial charge in [-0.25, -0.2) is 4.79 Å². The third kappa shape index (κ3) is 3.02. The van der Waals surface area contributed by atoms with E-state index in [1.165, 1.54) is 11.3 Å². The number of hydrogen-bond acceptors (Lipinski definition) is 3. The summed E-state index contributed by atoms with van der Waals surface area (Å²) in [6.07, 6.45) is 0.